The van der Waals surface area contributed by atoms with Crippen LogP contribution < -0.4 is 21.3 Å². The van der Waals surface area contributed by atoms with Gasteiger partial charge in [0.15, 0.2) is 5.69 Å². The van der Waals surface area contributed by atoms with Crippen LogP contribution in [0.1, 0.15) is 42.0 Å². The van der Waals surface area contributed by atoms with Crippen LogP contribution in [0.15, 0.2) is 24.3 Å². The largest absolute Gasteiger partial charge is 0.338 e. The Kier molecular flexibility index (Phi) is 6.02. The SMILES string of the molecule is CCNC(=O)Nc1cccc(NC(=O)c2nnn(C3CCNCC3)c2C)c1. The third-order valence-electron chi connectivity index (χ3n) is 4.51. The molecule has 4 N–H and O–H groups in total. The number of amides is 3. The van der Waals surface area contributed by atoms with Crippen molar-refractivity contribution in [2.24, 2.45) is 0 Å². The van der Waals surface area contributed by atoms with Crippen LogP contribution in [0, 0.1) is 6.92 Å². The lowest BCUT2D eigenvalue weighted by Crippen LogP contribution is -2.30. The molecule has 9 nitrogen and oxygen atoms in total. The van der Waals surface area contributed by atoms with E-state index < -0.39 is 0 Å². The first kappa shape index (κ1) is 18.8. The van der Waals surface area contributed by atoms with Crippen molar-refractivity contribution in [2.75, 3.05) is 30.3 Å². The summed E-state index contributed by atoms with van der Waals surface area (Å²) in [4.78, 5) is 24.3. The maximum Gasteiger partial charge on any atom is 0.319 e. The number of nitrogens with one attached hydrogen (secondary N) is 4. The van der Waals surface area contributed by atoms with Gasteiger partial charge in [0.05, 0.1) is 11.7 Å². The zero-order valence-corrected chi connectivity index (χ0v) is 15.6. The first-order valence-corrected chi connectivity index (χ1v) is 9.17. The van der Waals surface area contributed by atoms with Crippen LogP contribution in [0.2, 0.25) is 0 Å². The second kappa shape index (κ2) is 8.63. The zero-order chi connectivity index (χ0) is 19.2. The first-order valence-electron chi connectivity index (χ1n) is 9.17. The van der Waals surface area contributed by atoms with Crippen molar-refractivity contribution in [3.63, 3.8) is 0 Å². The van der Waals surface area contributed by atoms with Crippen LogP contribution in [0.3, 0.4) is 0 Å². The van der Waals surface area contributed by atoms with Gasteiger partial charge in [0.1, 0.15) is 0 Å². The summed E-state index contributed by atoms with van der Waals surface area (Å²) in [6.45, 7) is 6.13. The summed E-state index contributed by atoms with van der Waals surface area (Å²) < 4.78 is 1.85. The molecule has 3 amide bonds. The average molecular weight is 371 g/mol. The molecule has 27 heavy (non-hydrogen) atoms. The molecule has 1 aliphatic heterocycles. The second-order valence-electron chi connectivity index (χ2n) is 6.47. The number of nitrogens with zero attached hydrogens (tertiary/aromatic N) is 3. The van der Waals surface area contributed by atoms with Gasteiger partial charge in [-0.25, -0.2) is 9.48 Å². The summed E-state index contributed by atoms with van der Waals surface area (Å²) in [6.07, 6.45) is 1.94. The molecular formula is C18H25N7O2. The average Bonchev–Trinajstić information content (AvgIpc) is 3.04. The Morgan fingerprint density at radius 3 is 2.63 bits per heavy atom. The quantitative estimate of drug-likeness (QED) is 0.641. The molecule has 1 aromatic heterocycles. The standard InChI is InChI=1S/C18H25N7O2/c1-3-20-18(27)22-14-6-4-5-13(11-14)21-17(26)16-12(2)25(24-23-16)15-7-9-19-10-8-15/h4-6,11,15,19H,3,7-10H2,1-2H3,(H,21,26)(H2,20,22,27). The van der Waals surface area contributed by atoms with Gasteiger partial charge in [-0.2, -0.15) is 0 Å². The minimum absolute atomic E-state index is 0.268. The van der Waals surface area contributed by atoms with Crippen LogP contribution >= 0.6 is 0 Å². The predicted octanol–water partition coefficient (Wildman–Crippen LogP) is 1.90. The number of carbonyl (C=O) groups excluding carboxylic acids is 2. The summed E-state index contributed by atoms with van der Waals surface area (Å²) in [5, 5.41) is 19.8. The molecule has 144 valence electrons. The maximum atomic E-state index is 12.6. The molecule has 0 saturated carbocycles. The highest BCUT2D eigenvalue weighted by Gasteiger charge is 2.23. The predicted molar refractivity (Wildman–Crippen MR) is 103 cm³/mol. The lowest BCUT2D eigenvalue weighted by molar-refractivity contribution is 0.102. The summed E-state index contributed by atoms with van der Waals surface area (Å²) >= 11 is 0. The molecule has 0 spiro atoms. The summed E-state index contributed by atoms with van der Waals surface area (Å²) in [7, 11) is 0. The number of hydrogen-bond acceptors (Lipinski definition) is 5. The number of rotatable bonds is 5. The van der Waals surface area contributed by atoms with E-state index in [-0.39, 0.29) is 18.0 Å². The van der Waals surface area contributed by atoms with E-state index in [1.165, 1.54) is 0 Å². The second-order valence-corrected chi connectivity index (χ2v) is 6.47. The van der Waals surface area contributed by atoms with E-state index in [1.54, 1.807) is 24.3 Å². The number of benzene rings is 1. The molecular weight excluding hydrogens is 346 g/mol. The van der Waals surface area contributed by atoms with Gasteiger partial charge in [0, 0.05) is 17.9 Å². The minimum Gasteiger partial charge on any atom is -0.338 e. The summed E-state index contributed by atoms with van der Waals surface area (Å²) in [6, 6.07) is 6.94. The monoisotopic (exact) mass is 371 g/mol. The summed E-state index contributed by atoms with van der Waals surface area (Å²) in [5.41, 5.74) is 2.24. The molecule has 1 saturated heterocycles. The number of piperidine rings is 1. The van der Waals surface area contributed by atoms with E-state index >= 15 is 0 Å². The molecule has 0 bridgehead atoms. The molecule has 1 fully saturated rings. The fourth-order valence-electron chi connectivity index (χ4n) is 3.15. The molecule has 0 atom stereocenters. The molecule has 0 radical (unpaired) electrons. The number of carbonyl (C=O) groups is 2. The van der Waals surface area contributed by atoms with E-state index in [2.05, 4.69) is 31.6 Å². The van der Waals surface area contributed by atoms with Crippen molar-refractivity contribution in [3.05, 3.63) is 35.7 Å². The normalized spacial score (nSPS) is 14.6. The van der Waals surface area contributed by atoms with Crippen molar-refractivity contribution in [1.82, 2.24) is 25.6 Å². The van der Waals surface area contributed by atoms with Crippen molar-refractivity contribution >= 4 is 23.3 Å². The van der Waals surface area contributed by atoms with Crippen molar-refractivity contribution in [3.8, 4) is 0 Å². The van der Waals surface area contributed by atoms with Crippen LogP contribution in [0.25, 0.3) is 0 Å². The number of urea groups is 1. The van der Waals surface area contributed by atoms with Crippen molar-refractivity contribution < 1.29 is 9.59 Å². The van der Waals surface area contributed by atoms with Crippen LogP contribution in [-0.2, 0) is 0 Å². The Hall–Kier alpha value is -2.94. The van der Waals surface area contributed by atoms with Gasteiger partial charge < -0.3 is 21.3 Å². The lowest BCUT2D eigenvalue weighted by Gasteiger charge is -2.23. The van der Waals surface area contributed by atoms with E-state index in [4.69, 9.17) is 0 Å². The van der Waals surface area contributed by atoms with E-state index in [9.17, 15) is 9.59 Å². The molecule has 9 heteroatoms. The third kappa shape index (κ3) is 4.62. The third-order valence-corrected chi connectivity index (χ3v) is 4.51. The van der Waals surface area contributed by atoms with E-state index in [0.717, 1.165) is 31.6 Å². The Bertz CT molecular complexity index is 812. The number of anilines is 2. The summed E-state index contributed by atoms with van der Waals surface area (Å²) in [5.74, 6) is -0.317. The first-order chi connectivity index (χ1) is 13.1. The Morgan fingerprint density at radius 2 is 1.93 bits per heavy atom. The van der Waals surface area contributed by atoms with Gasteiger partial charge in [-0.3, -0.25) is 4.79 Å². The smallest absolute Gasteiger partial charge is 0.319 e. The van der Waals surface area contributed by atoms with Gasteiger partial charge in [-0.05, 0) is 58.0 Å². The Morgan fingerprint density at radius 1 is 1.22 bits per heavy atom. The van der Waals surface area contributed by atoms with E-state index in [1.807, 2.05) is 18.5 Å². The molecule has 1 aromatic carbocycles. The van der Waals surface area contributed by atoms with Gasteiger partial charge in [0.2, 0.25) is 0 Å². The fourth-order valence-corrected chi connectivity index (χ4v) is 3.15. The fraction of sp³-hybridized carbons (Fsp3) is 0.444. The van der Waals surface area contributed by atoms with E-state index in [0.29, 0.717) is 23.6 Å². The highest BCUT2D eigenvalue weighted by atomic mass is 16.2. The topological polar surface area (TPSA) is 113 Å². The van der Waals surface area contributed by atoms with Crippen molar-refractivity contribution in [1.29, 1.82) is 0 Å². The number of hydrogen-bond donors (Lipinski definition) is 4. The van der Waals surface area contributed by atoms with Gasteiger partial charge >= 0.3 is 6.03 Å². The molecule has 2 heterocycles. The Balaban J connectivity index is 1.68. The van der Waals surface area contributed by atoms with Crippen molar-refractivity contribution in [2.45, 2.75) is 32.7 Å². The van der Waals surface area contributed by atoms with Gasteiger partial charge in [0.25, 0.3) is 5.91 Å². The van der Waals surface area contributed by atoms with Gasteiger partial charge in [-0.1, -0.05) is 11.3 Å². The molecule has 0 aliphatic carbocycles. The van der Waals surface area contributed by atoms with Crippen LogP contribution in [0.5, 0.6) is 0 Å². The van der Waals surface area contributed by atoms with Crippen LogP contribution in [-0.4, -0.2) is 46.6 Å². The highest BCUT2D eigenvalue weighted by molar-refractivity contribution is 6.04. The molecule has 0 unspecified atom stereocenters. The maximum absolute atomic E-state index is 12.6. The highest BCUT2D eigenvalue weighted by Crippen LogP contribution is 2.21. The lowest BCUT2D eigenvalue weighted by atomic mass is 10.1. The minimum atomic E-state index is -0.317. The molecule has 3 rings (SSSR count). The number of aromatic nitrogens is 3. The van der Waals surface area contributed by atoms with Gasteiger partial charge in [-0.15, -0.1) is 5.10 Å². The molecule has 2 aromatic rings. The van der Waals surface area contributed by atoms with Crippen LogP contribution in [0.4, 0.5) is 16.2 Å². The zero-order valence-electron chi connectivity index (χ0n) is 15.6. The molecule has 1 aliphatic rings. The Labute approximate surface area is 157 Å².